The van der Waals surface area contributed by atoms with Crippen molar-refractivity contribution in [3.05, 3.63) is 35.9 Å². The average Bonchev–Trinajstić information content (AvgIpc) is 2.35. The summed E-state index contributed by atoms with van der Waals surface area (Å²) in [4.78, 5) is 11.7. The summed E-state index contributed by atoms with van der Waals surface area (Å²) in [5.41, 5.74) is 0.826. The van der Waals surface area contributed by atoms with Gasteiger partial charge in [0.15, 0.2) is 0 Å². The van der Waals surface area contributed by atoms with Gasteiger partial charge in [0.2, 0.25) is 5.91 Å². The topological polar surface area (TPSA) is 29.1 Å². The van der Waals surface area contributed by atoms with E-state index in [4.69, 9.17) is 11.6 Å². The van der Waals surface area contributed by atoms with Crippen LogP contribution in [0.4, 0.5) is 0 Å². The first-order valence-corrected chi connectivity index (χ1v) is 6.48. The van der Waals surface area contributed by atoms with Gasteiger partial charge in [0.25, 0.3) is 0 Å². The Balaban J connectivity index is 2.23. The van der Waals surface area contributed by atoms with Gasteiger partial charge in [0.05, 0.1) is 5.41 Å². The monoisotopic (exact) mass is 253 g/mol. The number of aryl methyl sites for hydroxylation is 1. The molecule has 1 amide bonds. The van der Waals surface area contributed by atoms with E-state index < -0.39 is 5.41 Å². The number of benzene rings is 1. The first-order chi connectivity index (χ1) is 8.06. The highest BCUT2D eigenvalue weighted by molar-refractivity contribution is 6.19. The van der Waals surface area contributed by atoms with Gasteiger partial charge in [-0.2, -0.15) is 0 Å². The molecule has 0 heterocycles. The molecule has 0 fully saturated rings. The minimum atomic E-state index is -0.478. The first kappa shape index (κ1) is 14.0. The van der Waals surface area contributed by atoms with Crippen molar-refractivity contribution in [3.8, 4) is 0 Å². The molecule has 0 radical (unpaired) electrons. The maximum Gasteiger partial charge on any atom is 0.226 e. The quantitative estimate of drug-likeness (QED) is 0.613. The highest BCUT2D eigenvalue weighted by Crippen LogP contribution is 2.16. The standard InChI is InChI=1S/C14H20ClNO/c1-14(2,11-15)13(17)16-10-6-9-12-7-4-3-5-8-12/h3-5,7-8H,6,9-11H2,1-2H3,(H,16,17). The molecule has 94 valence electrons. The zero-order valence-electron chi connectivity index (χ0n) is 10.5. The molecule has 0 spiro atoms. The van der Waals surface area contributed by atoms with E-state index in [0.29, 0.717) is 12.4 Å². The Kier molecular flexibility index (Phi) is 5.49. The summed E-state index contributed by atoms with van der Waals surface area (Å²) in [6.07, 6.45) is 1.94. The summed E-state index contributed by atoms with van der Waals surface area (Å²) in [6, 6.07) is 10.3. The maximum absolute atomic E-state index is 11.7. The molecular formula is C14H20ClNO. The zero-order chi connectivity index (χ0) is 12.7. The Hall–Kier alpha value is -1.02. The summed E-state index contributed by atoms with van der Waals surface area (Å²) < 4.78 is 0. The second-order valence-electron chi connectivity index (χ2n) is 4.86. The summed E-state index contributed by atoms with van der Waals surface area (Å²) in [7, 11) is 0. The minimum Gasteiger partial charge on any atom is -0.356 e. The van der Waals surface area contributed by atoms with Crippen LogP contribution in [0.15, 0.2) is 30.3 Å². The highest BCUT2D eigenvalue weighted by atomic mass is 35.5. The van der Waals surface area contributed by atoms with Crippen LogP contribution in [0.2, 0.25) is 0 Å². The largest absolute Gasteiger partial charge is 0.356 e. The molecule has 0 aliphatic carbocycles. The lowest BCUT2D eigenvalue weighted by molar-refractivity contribution is -0.128. The molecule has 17 heavy (non-hydrogen) atoms. The number of alkyl halides is 1. The summed E-state index contributed by atoms with van der Waals surface area (Å²) in [6.45, 7) is 4.41. The lowest BCUT2D eigenvalue weighted by atomic mass is 9.95. The number of hydrogen-bond donors (Lipinski definition) is 1. The normalized spacial score (nSPS) is 11.2. The summed E-state index contributed by atoms with van der Waals surface area (Å²) in [5.74, 6) is 0.373. The third-order valence-electron chi connectivity index (χ3n) is 2.72. The van der Waals surface area contributed by atoms with E-state index in [0.717, 1.165) is 12.8 Å². The first-order valence-electron chi connectivity index (χ1n) is 5.94. The fraction of sp³-hybridized carbons (Fsp3) is 0.500. The minimum absolute atomic E-state index is 0.0283. The van der Waals surface area contributed by atoms with Crippen LogP contribution in [0.1, 0.15) is 25.8 Å². The predicted molar refractivity (Wildman–Crippen MR) is 72.3 cm³/mol. The van der Waals surface area contributed by atoms with Crippen LogP contribution < -0.4 is 5.32 Å². The number of amides is 1. The van der Waals surface area contributed by atoms with Gasteiger partial charge < -0.3 is 5.32 Å². The number of nitrogens with one attached hydrogen (secondary N) is 1. The molecule has 1 rings (SSSR count). The second-order valence-corrected chi connectivity index (χ2v) is 5.13. The van der Waals surface area contributed by atoms with Crippen molar-refractivity contribution in [2.24, 2.45) is 5.41 Å². The van der Waals surface area contributed by atoms with Crippen molar-refractivity contribution in [2.75, 3.05) is 12.4 Å². The predicted octanol–water partition coefficient (Wildman–Crippen LogP) is 3.00. The van der Waals surface area contributed by atoms with Gasteiger partial charge in [0, 0.05) is 12.4 Å². The molecule has 1 aromatic rings. The van der Waals surface area contributed by atoms with Crippen LogP contribution in [0, 0.1) is 5.41 Å². The Morgan fingerprint density at radius 3 is 2.53 bits per heavy atom. The van der Waals surface area contributed by atoms with E-state index in [1.54, 1.807) is 0 Å². The van der Waals surface area contributed by atoms with Gasteiger partial charge in [0.1, 0.15) is 0 Å². The molecule has 0 saturated carbocycles. The molecular weight excluding hydrogens is 234 g/mol. The van der Waals surface area contributed by atoms with Gasteiger partial charge in [-0.3, -0.25) is 4.79 Å². The van der Waals surface area contributed by atoms with Crippen molar-refractivity contribution in [3.63, 3.8) is 0 Å². The molecule has 0 unspecified atom stereocenters. The zero-order valence-corrected chi connectivity index (χ0v) is 11.3. The third-order valence-corrected chi connectivity index (χ3v) is 3.39. The third kappa shape index (κ3) is 4.78. The second kappa shape index (κ2) is 6.65. The Bertz CT molecular complexity index is 348. The van der Waals surface area contributed by atoms with Crippen LogP contribution in [-0.4, -0.2) is 18.3 Å². The fourth-order valence-electron chi connectivity index (χ4n) is 1.44. The molecule has 0 aliphatic rings. The van der Waals surface area contributed by atoms with E-state index >= 15 is 0 Å². The average molecular weight is 254 g/mol. The number of hydrogen-bond acceptors (Lipinski definition) is 1. The van der Waals surface area contributed by atoms with Crippen molar-refractivity contribution in [1.29, 1.82) is 0 Å². The highest BCUT2D eigenvalue weighted by Gasteiger charge is 2.25. The molecule has 0 saturated heterocycles. The Labute approximate surface area is 108 Å². The fourth-order valence-corrected chi connectivity index (χ4v) is 1.56. The Morgan fingerprint density at radius 1 is 1.29 bits per heavy atom. The summed E-state index contributed by atoms with van der Waals surface area (Å²) >= 11 is 5.74. The molecule has 0 aromatic heterocycles. The molecule has 2 nitrogen and oxygen atoms in total. The smallest absolute Gasteiger partial charge is 0.226 e. The van der Waals surface area contributed by atoms with E-state index in [1.165, 1.54) is 5.56 Å². The number of carbonyl (C=O) groups is 1. The molecule has 1 N–H and O–H groups in total. The van der Waals surface area contributed by atoms with E-state index in [2.05, 4.69) is 17.4 Å². The van der Waals surface area contributed by atoms with Crippen molar-refractivity contribution >= 4 is 17.5 Å². The van der Waals surface area contributed by atoms with Crippen LogP contribution in [0.5, 0.6) is 0 Å². The van der Waals surface area contributed by atoms with Gasteiger partial charge in [-0.1, -0.05) is 30.3 Å². The molecule has 1 aromatic carbocycles. The number of rotatable bonds is 6. The SMILES string of the molecule is CC(C)(CCl)C(=O)NCCCc1ccccc1. The van der Waals surface area contributed by atoms with Gasteiger partial charge >= 0.3 is 0 Å². The maximum atomic E-state index is 11.7. The van der Waals surface area contributed by atoms with Gasteiger partial charge in [-0.15, -0.1) is 11.6 Å². The van der Waals surface area contributed by atoms with E-state index in [9.17, 15) is 4.79 Å². The number of halogens is 1. The molecule has 3 heteroatoms. The van der Waals surface area contributed by atoms with E-state index in [1.807, 2.05) is 32.0 Å². The van der Waals surface area contributed by atoms with Crippen LogP contribution >= 0.6 is 11.6 Å². The lowest BCUT2D eigenvalue weighted by Crippen LogP contribution is -2.38. The van der Waals surface area contributed by atoms with Gasteiger partial charge in [-0.05, 0) is 32.3 Å². The van der Waals surface area contributed by atoms with Gasteiger partial charge in [-0.25, -0.2) is 0 Å². The lowest BCUT2D eigenvalue weighted by Gasteiger charge is -2.20. The molecule has 0 atom stereocenters. The summed E-state index contributed by atoms with van der Waals surface area (Å²) in [5, 5.41) is 2.92. The van der Waals surface area contributed by atoms with Crippen LogP contribution in [0.3, 0.4) is 0 Å². The van der Waals surface area contributed by atoms with Crippen LogP contribution in [-0.2, 0) is 11.2 Å². The Morgan fingerprint density at radius 2 is 1.94 bits per heavy atom. The van der Waals surface area contributed by atoms with Crippen molar-refractivity contribution < 1.29 is 4.79 Å². The van der Waals surface area contributed by atoms with E-state index in [-0.39, 0.29) is 5.91 Å². The number of carbonyl (C=O) groups excluding carboxylic acids is 1. The van der Waals surface area contributed by atoms with Crippen molar-refractivity contribution in [2.45, 2.75) is 26.7 Å². The van der Waals surface area contributed by atoms with Crippen molar-refractivity contribution in [1.82, 2.24) is 5.32 Å². The molecule has 0 aliphatic heterocycles. The van der Waals surface area contributed by atoms with Crippen LogP contribution in [0.25, 0.3) is 0 Å². The molecule has 0 bridgehead atoms.